The van der Waals surface area contributed by atoms with Crippen molar-refractivity contribution in [2.75, 3.05) is 0 Å². The molecule has 3 fully saturated rings. The molecule has 9 nitrogen and oxygen atoms in total. The Kier molecular flexibility index (Phi) is 5.05. The quantitative estimate of drug-likeness (QED) is 0.247. The summed E-state index contributed by atoms with van der Waals surface area (Å²) in [7, 11) is -6.06. The lowest BCUT2D eigenvalue weighted by Gasteiger charge is -2.30. The summed E-state index contributed by atoms with van der Waals surface area (Å²) >= 11 is 2.01. The molecule has 1 saturated heterocycles. The summed E-state index contributed by atoms with van der Waals surface area (Å²) in [6, 6.07) is 6.51. The van der Waals surface area contributed by atoms with E-state index in [-0.39, 0.29) is 12.2 Å². The van der Waals surface area contributed by atoms with Crippen LogP contribution >= 0.6 is 22.6 Å². The maximum absolute atomic E-state index is 13.6. The van der Waals surface area contributed by atoms with Gasteiger partial charge in [-0.1, -0.05) is 6.07 Å². The Balaban J connectivity index is 1.58. The molecule has 1 aliphatic heterocycles. The Morgan fingerprint density at radius 2 is 1.97 bits per heavy atom. The molecule has 1 N–H and O–H groups in total. The summed E-state index contributed by atoms with van der Waals surface area (Å²) in [4.78, 5) is 36.8. The number of benzene rings is 1. The van der Waals surface area contributed by atoms with Crippen molar-refractivity contribution in [1.82, 2.24) is 0 Å². The molecular formula is C17H13F2IO9S. The monoisotopic (exact) mass is 558 g/mol. The van der Waals surface area contributed by atoms with Crippen LogP contribution in [0.4, 0.5) is 8.78 Å². The van der Waals surface area contributed by atoms with Gasteiger partial charge in [-0.3, -0.25) is 14.1 Å². The Hall–Kier alpha value is -1.87. The number of esters is 3. The lowest BCUT2D eigenvalue weighted by atomic mass is 9.78. The van der Waals surface area contributed by atoms with E-state index < -0.39 is 69.2 Å². The maximum atomic E-state index is 13.6. The Labute approximate surface area is 181 Å². The number of alkyl halides is 2. The summed E-state index contributed by atoms with van der Waals surface area (Å²) in [5.74, 6) is -7.27. The summed E-state index contributed by atoms with van der Waals surface area (Å²) in [5.41, 5.74) is 0. The van der Waals surface area contributed by atoms with Crippen LogP contribution in [-0.2, 0) is 34.0 Å². The van der Waals surface area contributed by atoms with Gasteiger partial charge < -0.3 is 14.2 Å². The summed E-state index contributed by atoms with van der Waals surface area (Å²) in [6.45, 7) is 0. The molecule has 1 heterocycles. The van der Waals surface area contributed by atoms with Crippen LogP contribution in [0.1, 0.15) is 6.42 Å². The highest BCUT2D eigenvalue weighted by atomic mass is 127. The third-order valence-corrected chi connectivity index (χ3v) is 7.12. The van der Waals surface area contributed by atoms with E-state index in [1.54, 1.807) is 18.2 Å². The molecule has 162 valence electrons. The van der Waals surface area contributed by atoms with Gasteiger partial charge in [-0.25, -0.2) is 4.79 Å². The van der Waals surface area contributed by atoms with Crippen molar-refractivity contribution in [2.45, 2.75) is 23.9 Å². The standard InChI is InChI=1S/C17H13F2IO9S/c18-17(19,30(24,25)26)16(23)29-13-9-5-8-11(15(22)28-12(8)13)10(9)14(21)27-7-3-1-2-6(20)4-7/h1-4,8-13H,5H2,(H,24,25,26). The Morgan fingerprint density at radius 1 is 1.27 bits per heavy atom. The van der Waals surface area contributed by atoms with Crippen LogP contribution in [0.2, 0.25) is 0 Å². The van der Waals surface area contributed by atoms with Crippen molar-refractivity contribution in [2.24, 2.45) is 23.7 Å². The topological polar surface area (TPSA) is 133 Å². The lowest BCUT2D eigenvalue weighted by Crippen LogP contribution is -2.48. The number of hydrogen-bond acceptors (Lipinski definition) is 8. The molecule has 0 radical (unpaired) electrons. The van der Waals surface area contributed by atoms with Crippen molar-refractivity contribution in [1.29, 1.82) is 0 Å². The predicted octanol–water partition coefficient (Wildman–Crippen LogP) is 1.40. The second kappa shape index (κ2) is 7.09. The van der Waals surface area contributed by atoms with Gasteiger partial charge in [0.05, 0.1) is 11.8 Å². The molecule has 30 heavy (non-hydrogen) atoms. The second-order valence-corrected chi connectivity index (χ2v) is 9.97. The molecule has 1 aromatic carbocycles. The fourth-order valence-electron chi connectivity index (χ4n) is 4.48. The van der Waals surface area contributed by atoms with Gasteiger partial charge in [0.1, 0.15) is 18.0 Å². The largest absolute Gasteiger partial charge is 0.465 e. The number of halogens is 3. The number of fused-ring (bicyclic) bond motifs is 1. The zero-order chi connectivity index (χ0) is 22.0. The van der Waals surface area contributed by atoms with Crippen molar-refractivity contribution in [3.05, 3.63) is 27.8 Å². The first-order valence-corrected chi connectivity index (χ1v) is 11.2. The summed E-state index contributed by atoms with van der Waals surface area (Å²) in [5, 5.41) is -5.20. The molecular weight excluding hydrogens is 545 g/mol. The second-order valence-electron chi connectivity index (χ2n) is 7.26. The number of ether oxygens (including phenoxy) is 3. The van der Waals surface area contributed by atoms with E-state index in [1.165, 1.54) is 6.07 Å². The van der Waals surface area contributed by atoms with Crippen molar-refractivity contribution < 1.29 is 50.3 Å². The average molecular weight is 558 g/mol. The van der Waals surface area contributed by atoms with Gasteiger partial charge >= 0.3 is 33.3 Å². The average Bonchev–Trinajstić information content (AvgIpc) is 3.24. The van der Waals surface area contributed by atoms with Crippen molar-refractivity contribution >= 4 is 50.6 Å². The fraction of sp³-hybridized carbons (Fsp3) is 0.471. The summed E-state index contributed by atoms with van der Waals surface area (Å²) < 4.78 is 73.3. The van der Waals surface area contributed by atoms with Crippen molar-refractivity contribution in [3.8, 4) is 5.75 Å². The van der Waals surface area contributed by atoms with Crippen molar-refractivity contribution in [3.63, 3.8) is 0 Å². The molecule has 3 aliphatic rings. The number of rotatable bonds is 5. The van der Waals surface area contributed by atoms with Gasteiger partial charge in [0.2, 0.25) is 0 Å². The molecule has 0 spiro atoms. The van der Waals surface area contributed by atoms with E-state index >= 15 is 0 Å². The molecule has 0 aromatic heterocycles. The molecule has 2 bridgehead atoms. The van der Waals surface area contributed by atoms with Gasteiger partial charge in [0, 0.05) is 15.4 Å². The van der Waals surface area contributed by atoms with Gasteiger partial charge in [0.25, 0.3) is 0 Å². The normalized spacial score (nSPS) is 32.1. The summed E-state index contributed by atoms with van der Waals surface area (Å²) in [6.07, 6.45) is -2.37. The zero-order valence-electron chi connectivity index (χ0n) is 14.7. The predicted molar refractivity (Wildman–Crippen MR) is 99.6 cm³/mol. The van der Waals surface area contributed by atoms with E-state index in [2.05, 4.69) is 4.74 Å². The highest BCUT2D eigenvalue weighted by molar-refractivity contribution is 14.1. The molecule has 2 aliphatic carbocycles. The molecule has 6 atom stereocenters. The third-order valence-electron chi connectivity index (χ3n) is 5.64. The van der Waals surface area contributed by atoms with Crippen LogP contribution in [0.3, 0.4) is 0 Å². The first kappa shape index (κ1) is 21.4. The molecule has 2 saturated carbocycles. The highest BCUT2D eigenvalue weighted by Crippen LogP contribution is 2.59. The third kappa shape index (κ3) is 3.26. The van der Waals surface area contributed by atoms with Crippen LogP contribution in [0, 0.1) is 27.2 Å². The lowest BCUT2D eigenvalue weighted by molar-refractivity contribution is -0.178. The van der Waals surface area contributed by atoms with Crippen LogP contribution in [-0.4, -0.2) is 48.3 Å². The van der Waals surface area contributed by atoms with E-state index in [0.29, 0.717) is 0 Å². The van der Waals surface area contributed by atoms with Crippen LogP contribution in [0.15, 0.2) is 24.3 Å². The first-order valence-electron chi connectivity index (χ1n) is 8.65. The van der Waals surface area contributed by atoms with E-state index in [1.807, 2.05) is 22.6 Å². The van der Waals surface area contributed by atoms with Gasteiger partial charge in [0.15, 0.2) is 0 Å². The smallest absolute Gasteiger partial charge is 0.458 e. The van der Waals surface area contributed by atoms with E-state index in [4.69, 9.17) is 14.0 Å². The molecule has 1 aromatic rings. The van der Waals surface area contributed by atoms with Gasteiger partial charge in [-0.05, 0) is 47.2 Å². The minimum atomic E-state index is -6.06. The number of carbonyl (C=O) groups is 3. The minimum Gasteiger partial charge on any atom is -0.458 e. The highest BCUT2D eigenvalue weighted by Gasteiger charge is 2.71. The molecule has 6 unspecified atom stereocenters. The van der Waals surface area contributed by atoms with Crippen LogP contribution in [0.5, 0.6) is 5.75 Å². The van der Waals surface area contributed by atoms with E-state index in [0.717, 1.165) is 3.57 Å². The van der Waals surface area contributed by atoms with E-state index in [9.17, 15) is 31.6 Å². The van der Waals surface area contributed by atoms with Crippen LogP contribution in [0.25, 0.3) is 0 Å². The number of carbonyl (C=O) groups excluding carboxylic acids is 3. The zero-order valence-corrected chi connectivity index (χ0v) is 17.7. The van der Waals surface area contributed by atoms with Gasteiger partial charge in [-0.15, -0.1) is 0 Å². The SMILES string of the molecule is O=C1OC2C3CC(C2OC(=O)C(F)(F)S(=O)(=O)O)C(C(=O)Oc2cccc(I)c2)C13. The molecule has 13 heteroatoms. The number of hydrogen-bond donors (Lipinski definition) is 1. The first-order chi connectivity index (χ1) is 13.9. The molecule has 0 amide bonds. The van der Waals surface area contributed by atoms with Crippen LogP contribution < -0.4 is 4.74 Å². The Bertz CT molecular complexity index is 1040. The molecule has 4 rings (SSSR count). The maximum Gasteiger partial charge on any atom is 0.465 e. The fourth-order valence-corrected chi connectivity index (χ4v) is 5.25. The Morgan fingerprint density at radius 3 is 2.60 bits per heavy atom. The minimum absolute atomic E-state index is 0.169. The van der Waals surface area contributed by atoms with Gasteiger partial charge in [-0.2, -0.15) is 17.2 Å².